The molecule has 7 heteroatoms. The number of carbonyl (C=O) groups excluding carboxylic acids is 2. The van der Waals surface area contributed by atoms with Crippen molar-refractivity contribution in [3.8, 4) is 0 Å². The standard InChI is InChI=1S/C18H30N4O3/c1-18(2,3)25-17(24)22-11-6-15(7-12-22)16(23)20(4)9-5-10-21-13-8-19-14-21/h8,13-15H,5-7,9-12H2,1-4H3. The minimum atomic E-state index is -0.487. The molecule has 2 heterocycles. The van der Waals surface area contributed by atoms with Gasteiger partial charge in [-0.05, 0) is 40.0 Å². The third kappa shape index (κ3) is 6.07. The topological polar surface area (TPSA) is 67.7 Å². The highest BCUT2D eigenvalue weighted by molar-refractivity contribution is 5.79. The van der Waals surface area contributed by atoms with Gasteiger partial charge in [0.05, 0.1) is 6.33 Å². The molecule has 1 aromatic rings. The van der Waals surface area contributed by atoms with Crippen LogP contribution in [0.15, 0.2) is 18.7 Å². The molecule has 25 heavy (non-hydrogen) atoms. The fourth-order valence-electron chi connectivity index (χ4n) is 2.97. The van der Waals surface area contributed by atoms with Crippen LogP contribution in [-0.2, 0) is 16.1 Å². The van der Waals surface area contributed by atoms with Crippen LogP contribution >= 0.6 is 0 Å². The lowest BCUT2D eigenvalue weighted by molar-refractivity contribution is -0.135. The van der Waals surface area contributed by atoms with E-state index in [-0.39, 0.29) is 17.9 Å². The summed E-state index contributed by atoms with van der Waals surface area (Å²) >= 11 is 0. The van der Waals surface area contributed by atoms with Gasteiger partial charge in [0.2, 0.25) is 5.91 Å². The molecule has 1 fully saturated rings. The molecule has 2 rings (SSSR count). The number of imidazole rings is 1. The van der Waals surface area contributed by atoms with E-state index in [1.54, 1.807) is 17.4 Å². The van der Waals surface area contributed by atoms with Crippen LogP contribution in [0.3, 0.4) is 0 Å². The van der Waals surface area contributed by atoms with Gasteiger partial charge >= 0.3 is 6.09 Å². The lowest BCUT2D eigenvalue weighted by Gasteiger charge is -2.34. The van der Waals surface area contributed by atoms with Crippen LogP contribution in [0.25, 0.3) is 0 Å². The SMILES string of the molecule is CN(CCCn1ccnc1)C(=O)C1CCN(C(=O)OC(C)(C)C)CC1. The fraction of sp³-hybridized carbons (Fsp3) is 0.722. The van der Waals surface area contributed by atoms with E-state index in [9.17, 15) is 9.59 Å². The predicted molar refractivity (Wildman–Crippen MR) is 95.0 cm³/mol. The molecule has 1 aliphatic rings. The van der Waals surface area contributed by atoms with E-state index in [1.165, 1.54) is 0 Å². The van der Waals surface area contributed by atoms with Gasteiger partial charge in [0.15, 0.2) is 0 Å². The zero-order chi connectivity index (χ0) is 18.4. The van der Waals surface area contributed by atoms with Crippen LogP contribution in [0, 0.1) is 5.92 Å². The van der Waals surface area contributed by atoms with Crippen molar-refractivity contribution >= 4 is 12.0 Å². The first-order chi connectivity index (χ1) is 11.8. The first kappa shape index (κ1) is 19.3. The van der Waals surface area contributed by atoms with Gasteiger partial charge in [-0.3, -0.25) is 4.79 Å². The molecule has 0 spiro atoms. The molecule has 0 unspecified atom stereocenters. The highest BCUT2D eigenvalue weighted by atomic mass is 16.6. The third-order valence-electron chi connectivity index (χ3n) is 4.34. The second-order valence-electron chi connectivity index (χ2n) is 7.66. The average Bonchev–Trinajstić information content (AvgIpc) is 3.06. The van der Waals surface area contributed by atoms with Gasteiger partial charge in [-0.2, -0.15) is 0 Å². The van der Waals surface area contributed by atoms with E-state index in [4.69, 9.17) is 4.74 Å². The van der Waals surface area contributed by atoms with Crippen molar-refractivity contribution in [2.45, 2.75) is 52.2 Å². The zero-order valence-corrected chi connectivity index (χ0v) is 15.8. The van der Waals surface area contributed by atoms with Crippen molar-refractivity contribution in [1.29, 1.82) is 0 Å². The van der Waals surface area contributed by atoms with Crippen molar-refractivity contribution in [1.82, 2.24) is 19.4 Å². The summed E-state index contributed by atoms with van der Waals surface area (Å²) in [7, 11) is 1.86. The fourth-order valence-corrected chi connectivity index (χ4v) is 2.97. The van der Waals surface area contributed by atoms with Gasteiger partial charge in [-0.1, -0.05) is 0 Å². The second-order valence-corrected chi connectivity index (χ2v) is 7.66. The Morgan fingerprint density at radius 1 is 1.28 bits per heavy atom. The molecule has 0 bridgehead atoms. The van der Waals surface area contributed by atoms with Crippen molar-refractivity contribution in [2.24, 2.45) is 5.92 Å². The minimum absolute atomic E-state index is 0.00284. The molecular weight excluding hydrogens is 320 g/mol. The average molecular weight is 350 g/mol. The molecule has 1 aliphatic heterocycles. The van der Waals surface area contributed by atoms with Crippen LogP contribution in [0.5, 0.6) is 0 Å². The Morgan fingerprint density at radius 3 is 2.52 bits per heavy atom. The van der Waals surface area contributed by atoms with E-state index < -0.39 is 5.60 Å². The molecule has 1 saturated heterocycles. The summed E-state index contributed by atoms with van der Waals surface area (Å²) in [6.45, 7) is 8.32. The first-order valence-electron chi connectivity index (χ1n) is 8.95. The van der Waals surface area contributed by atoms with Gasteiger partial charge in [0.25, 0.3) is 0 Å². The molecule has 7 nitrogen and oxygen atoms in total. The number of rotatable bonds is 5. The Kier molecular flexibility index (Phi) is 6.45. The number of likely N-dealkylation sites (tertiary alicyclic amines) is 1. The number of piperidine rings is 1. The Balaban J connectivity index is 1.71. The van der Waals surface area contributed by atoms with Gasteiger partial charge in [-0.15, -0.1) is 0 Å². The van der Waals surface area contributed by atoms with Gasteiger partial charge in [0.1, 0.15) is 5.60 Å². The summed E-state index contributed by atoms with van der Waals surface area (Å²) < 4.78 is 7.40. The van der Waals surface area contributed by atoms with E-state index in [0.717, 1.165) is 19.5 Å². The van der Waals surface area contributed by atoms with E-state index in [1.807, 2.05) is 43.5 Å². The molecule has 0 radical (unpaired) electrons. The maximum absolute atomic E-state index is 12.6. The first-order valence-corrected chi connectivity index (χ1v) is 8.95. The van der Waals surface area contributed by atoms with Crippen molar-refractivity contribution in [3.05, 3.63) is 18.7 Å². The number of ether oxygens (including phenoxy) is 1. The normalized spacial score (nSPS) is 15.9. The number of aromatic nitrogens is 2. The number of nitrogens with zero attached hydrogens (tertiary/aromatic N) is 4. The maximum Gasteiger partial charge on any atom is 0.410 e. The summed E-state index contributed by atoms with van der Waals surface area (Å²) in [6.07, 6.45) is 7.48. The molecule has 0 N–H and O–H groups in total. The van der Waals surface area contributed by atoms with E-state index in [2.05, 4.69) is 4.98 Å². The van der Waals surface area contributed by atoms with Crippen LogP contribution in [0.2, 0.25) is 0 Å². The van der Waals surface area contributed by atoms with Gasteiger partial charge in [0, 0.05) is 51.5 Å². The second kappa shape index (κ2) is 8.36. The highest BCUT2D eigenvalue weighted by Gasteiger charge is 2.31. The molecular formula is C18H30N4O3. The molecule has 0 saturated carbocycles. The number of aryl methyl sites for hydroxylation is 1. The van der Waals surface area contributed by atoms with Crippen LogP contribution in [-0.4, -0.2) is 63.6 Å². The van der Waals surface area contributed by atoms with Crippen LogP contribution in [0.1, 0.15) is 40.0 Å². The molecule has 140 valence electrons. The molecule has 2 amide bonds. The number of hydrogen-bond acceptors (Lipinski definition) is 4. The Bertz CT molecular complexity index is 557. The minimum Gasteiger partial charge on any atom is -0.444 e. The van der Waals surface area contributed by atoms with Crippen molar-refractivity contribution < 1.29 is 14.3 Å². The number of amides is 2. The summed E-state index contributed by atoms with van der Waals surface area (Å²) in [5.41, 5.74) is -0.487. The Morgan fingerprint density at radius 2 is 1.96 bits per heavy atom. The molecule has 0 aliphatic carbocycles. The lowest BCUT2D eigenvalue weighted by atomic mass is 9.95. The largest absolute Gasteiger partial charge is 0.444 e. The van der Waals surface area contributed by atoms with Gasteiger partial charge < -0.3 is 19.1 Å². The smallest absolute Gasteiger partial charge is 0.410 e. The van der Waals surface area contributed by atoms with E-state index >= 15 is 0 Å². The zero-order valence-electron chi connectivity index (χ0n) is 15.8. The Hall–Kier alpha value is -2.05. The van der Waals surface area contributed by atoms with Crippen LogP contribution < -0.4 is 0 Å². The van der Waals surface area contributed by atoms with E-state index in [0.29, 0.717) is 25.9 Å². The van der Waals surface area contributed by atoms with Crippen LogP contribution in [0.4, 0.5) is 4.79 Å². The van der Waals surface area contributed by atoms with Crippen molar-refractivity contribution in [2.75, 3.05) is 26.7 Å². The summed E-state index contributed by atoms with van der Waals surface area (Å²) in [5, 5.41) is 0. The molecule has 0 atom stereocenters. The Labute approximate surface area is 149 Å². The molecule has 0 aromatic carbocycles. The summed E-state index contributed by atoms with van der Waals surface area (Å²) in [5.74, 6) is 0.173. The molecule has 1 aromatic heterocycles. The number of carbonyl (C=O) groups is 2. The quantitative estimate of drug-likeness (QED) is 0.818. The monoisotopic (exact) mass is 350 g/mol. The van der Waals surface area contributed by atoms with Gasteiger partial charge in [-0.25, -0.2) is 9.78 Å². The predicted octanol–water partition coefficient (Wildman–Crippen LogP) is 2.38. The van der Waals surface area contributed by atoms with Crippen molar-refractivity contribution in [3.63, 3.8) is 0 Å². The highest BCUT2D eigenvalue weighted by Crippen LogP contribution is 2.21. The summed E-state index contributed by atoms with van der Waals surface area (Å²) in [4.78, 5) is 32.2. The number of hydrogen-bond donors (Lipinski definition) is 0. The lowest BCUT2D eigenvalue weighted by Crippen LogP contribution is -2.45. The third-order valence-corrected chi connectivity index (χ3v) is 4.34. The maximum atomic E-state index is 12.6. The summed E-state index contributed by atoms with van der Waals surface area (Å²) in [6, 6.07) is 0.